The van der Waals surface area contributed by atoms with E-state index in [0.717, 1.165) is 11.1 Å². The smallest absolute Gasteiger partial charge is 0.258 e. The van der Waals surface area contributed by atoms with E-state index in [2.05, 4.69) is 48.6 Å². The van der Waals surface area contributed by atoms with Crippen LogP contribution in [-0.2, 0) is 0 Å². The van der Waals surface area contributed by atoms with Crippen LogP contribution in [0, 0.1) is 33.8 Å². The summed E-state index contributed by atoms with van der Waals surface area (Å²) >= 11 is 0. The van der Waals surface area contributed by atoms with Crippen molar-refractivity contribution in [2.24, 2.45) is 23.7 Å². The van der Waals surface area contributed by atoms with Gasteiger partial charge in [0.1, 0.15) is 0 Å². The van der Waals surface area contributed by atoms with Crippen LogP contribution in [0.1, 0.15) is 0 Å². The molecule has 5 aliphatic carbocycles. The molecule has 0 N–H and O–H groups in total. The third-order valence-electron chi connectivity index (χ3n) is 5.60. The van der Waals surface area contributed by atoms with Crippen LogP contribution < -0.4 is 0 Å². The quantitative estimate of drug-likeness (QED) is 0.541. The van der Waals surface area contributed by atoms with Crippen molar-refractivity contribution in [1.82, 2.24) is 0 Å². The van der Waals surface area contributed by atoms with Gasteiger partial charge in [-0.15, -0.1) is 0 Å². The van der Waals surface area contributed by atoms with Crippen molar-refractivity contribution in [2.75, 3.05) is 0 Å². The molecule has 5 rings (SSSR count). The van der Waals surface area contributed by atoms with Gasteiger partial charge in [0.05, 0.1) is 4.92 Å². The number of fused-ring (bicyclic) bond motifs is 2. The lowest BCUT2D eigenvalue weighted by molar-refractivity contribution is -0.420. The Bertz CT molecular complexity index is 873. The molecule has 4 atom stereocenters. The van der Waals surface area contributed by atoms with E-state index in [1.54, 1.807) is 6.08 Å². The van der Waals surface area contributed by atoms with Crippen molar-refractivity contribution >= 4 is 0 Å². The van der Waals surface area contributed by atoms with E-state index >= 15 is 0 Å². The van der Waals surface area contributed by atoms with E-state index in [0.29, 0.717) is 11.8 Å². The van der Waals surface area contributed by atoms with E-state index in [9.17, 15) is 10.1 Å². The largest absolute Gasteiger partial charge is 0.273 e. The molecule has 112 valence electrons. The van der Waals surface area contributed by atoms with E-state index in [-0.39, 0.29) is 22.5 Å². The van der Waals surface area contributed by atoms with Crippen LogP contribution in [0.3, 0.4) is 0 Å². The summed E-state index contributed by atoms with van der Waals surface area (Å²) in [6, 6.07) is 0. The lowest BCUT2D eigenvalue weighted by Gasteiger charge is -2.48. The van der Waals surface area contributed by atoms with Crippen molar-refractivity contribution in [1.29, 1.82) is 0 Å². The van der Waals surface area contributed by atoms with Gasteiger partial charge < -0.3 is 0 Å². The Morgan fingerprint density at radius 2 is 1.52 bits per heavy atom. The SMILES string of the molecule is O=[N+]([O-])C1=C2C3=CC=CC4=CC=C[C@H]([C@@H]43)[C@@H]3C=CC=C(C=C1)[C@H]23. The molecule has 0 amide bonds. The Hall–Kier alpha value is -2.68. The zero-order valence-corrected chi connectivity index (χ0v) is 12.4. The molecule has 0 aromatic heterocycles. The first-order chi connectivity index (χ1) is 11.3. The molecule has 0 aromatic rings. The van der Waals surface area contributed by atoms with Crippen LogP contribution in [0.15, 0.2) is 94.8 Å². The number of nitrogens with zero attached hydrogens (tertiary/aromatic N) is 1. The molecule has 3 nitrogen and oxygen atoms in total. The maximum absolute atomic E-state index is 11.6. The summed E-state index contributed by atoms with van der Waals surface area (Å²) < 4.78 is 0. The van der Waals surface area contributed by atoms with Crippen molar-refractivity contribution in [3.63, 3.8) is 0 Å². The second kappa shape index (κ2) is 4.42. The van der Waals surface area contributed by atoms with Crippen LogP contribution in [0.25, 0.3) is 0 Å². The molecule has 0 unspecified atom stereocenters. The predicted molar refractivity (Wildman–Crippen MR) is 88.8 cm³/mol. The molecule has 0 heterocycles. The minimum Gasteiger partial charge on any atom is -0.258 e. The molecule has 1 fully saturated rings. The number of rotatable bonds is 1. The van der Waals surface area contributed by atoms with Crippen molar-refractivity contribution in [2.45, 2.75) is 0 Å². The average molecular weight is 301 g/mol. The van der Waals surface area contributed by atoms with E-state index in [1.807, 2.05) is 12.2 Å². The fourth-order valence-corrected chi connectivity index (χ4v) is 4.76. The van der Waals surface area contributed by atoms with Gasteiger partial charge in [0, 0.05) is 23.5 Å². The topological polar surface area (TPSA) is 43.1 Å². The van der Waals surface area contributed by atoms with Crippen LogP contribution >= 0.6 is 0 Å². The highest BCUT2D eigenvalue weighted by atomic mass is 16.6. The highest BCUT2D eigenvalue weighted by molar-refractivity contribution is 5.61. The third-order valence-corrected chi connectivity index (χ3v) is 5.60. The fourth-order valence-electron chi connectivity index (χ4n) is 4.76. The highest BCUT2D eigenvalue weighted by Crippen LogP contribution is 2.57. The Balaban J connectivity index is 1.82. The monoisotopic (exact) mass is 301 g/mol. The molecule has 0 spiro atoms. The molecule has 0 bridgehead atoms. The maximum Gasteiger partial charge on any atom is 0.273 e. The molecule has 0 saturated heterocycles. The Kier molecular flexibility index (Phi) is 2.46. The average Bonchev–Trinajstić information content (AvgIpc) is 2.58. The van der Waals surface area contributed by atoms with Gasteiger partial charge in [0.15, 0.2) is 0 Å². The van der Waals surface area contributed by atoms with Crippen molar-refractivity contribution < 1.29 is 4.92 Å². The summed E-state index contributed by atoms with van der Waals surface area (Å²) in [5.41, 5.74) is 4.78. The first-order valence-corrected chi connectivity index (χ1v) is 7.98. The summed E-state index contributed by atoms with van der Waals surface area (Å²) in [5, 5.41) is 11.6. The molecule has 23 heavy (non-hydrogen) atoms. The predicted octanol–water partition coefficient (Wildman–Crippen LogP) is 4.05. The molecular weight excluding hydrogens is 286 g/mol. The molecule has 0 aromatic carbocycles. The summed E-state index contributed by atoms with van der Waals surface area (Å²) in [5.74, 6) is 1.01. The van der Waals surface area contributed by atoms with E-state index < -0.39 is 0 Å². The fraction of sp³-hybridized carbons (Fsp3) is 0.200. The summed E-state index contributed by atoms with van der Waals surface area (Å²) in [4.78, 5) is 11.4. The number of nitro groups is 1. The van der Waals surface area contributed by atoms with E-state index in [1.165, 1.54) is 11.1 Å². The second-order valence-electron chi connectivity index (χ2n) is 6.58. The molecule has 1 saturated carbocycles. The number of hydrogen-bond acceptors (Lipinski definition) is 2. The zero-order chi connectivity index (χ0) is 15.6. The van der Waals surface area contributed by atoms with E-state index in [4.69, 9.17) is 0 Å². The summed E-state index contributed by atoms with van der Waals surface area (Å²) in [7, 11) is 0. The maximum atomic E-state index is 11.6. The normalized spacial score (nSPS) is 35.2. The first-order valence-electron chi connectivity index (χ1n) is 7.98. The van der Waals surface area contributed by atoms with Gasteiger partial charge in [0.2, 0.25) is 0 Å². The van der Waals surface area contributed by atoms with Crippen molar-refractivity contribution in [3.05, 3.63) is 105 Å². The number of hydrogen-bond donors (Lipinski definition) is 0. The van der Waals surface area contributed by atoms with Gasteiger partial charge in [-0.25, -0.2) is 0 Å². The lowest BCUT2D eigenvalue weighted by Crippen LogP contribution is -2.41. The third kappa shape index (κ3) is 1.59. The van der Waals surface area contributed by atoms with Gasteiger partial charge in [0.25, 0.3) is 5.70 Å². The van der Waals surface area contributed by atoms with Crippen LogP contribution in [0.5, 0.6) is 0 Å². The molecular formula is C20H15NO2. The Morgan fingerprint density at radius 1 is 0.826 bits per heavy atom. The minimum absolute atomic E-state index is 0.105. The van der Waals surface area contributed by atoms with Crippen LogP contribution in [0.2, 0.25) is 0 Å². The van der Waals surface area contributed by atoms with Gasteiger partial charge in [-0.05, 0) is 28.6 Å². The highest BCUT2D eigenvalue weighted by Gasteiger charge is 2.49. The zero-order valence-electron chi connectivity index (χ0n) is 12.4. The van der Waals surface area contributed by atoms with Crippen LogP contribution in [-0.4, -0.2) is 4.92 Å². The van der Waals surface area contributed by atoms with Gasteiger partial charge >= 0.3 is 0 Å². The van der Waals surface area contributed by atoms with Gasteiger partial charge in [-0.3, -0.25) is 10.1 Å². The van der Waals surface area contributed by atoms with Gasteiger partial charge in [-0.2, -0.15) is 0 Å². The molecule has 5 aliphatic rings. The molecule has 0 radical (unpaired) electrons. The van der Waals surface area contributed by atoms with Crippen molar-refractivity contribution in [3.8, 4) is 0 Å². The Labute approximate surface area is 134 Å². The summed E-state index contributed by atoms with van der Waals surface area (Å²) in [6.07, 6.45) is 22.8. The number of allylic oxidation sites excluding steroid dienone is 15. The summed E-state index contributed by atoms with van der Waals surface area (Å²) in [6.45, 7) is 0. The molecule has 3 heteroatoms. The minimum atomic E-state index is -0.223. The molecule has 0 aliphatic heterocycles. The van der Waals surface area contributed by atoms with Crippen LogP contribution in [0.4, 0.5) is 0 Å². The first kappa shape index (κ1) is 12.8. The van der Waals surface area contributed by atoms with Gasteiger partial charge in [-0.1, -0.05) is 60.8 Å². The second-order valence-corrected chi connectivity index (χ2v) is 6.58. The standard InChI is InChI=1S/C20H15NO2/c22-21(23)17-11-10-13-6-2-8-15-14-7-1-4-12-5-3-9-16(18(12)14)20(17)19(13)15/h1-11,14-15,18-19H/t14-,15-,18+,19-/m0/s1. The lowest BCUT2D eigenvalue weighted by atomic mass is 9.54. The Morgan fingerprint density at radius 3 is 2.26 bits per heavy atom.